The normalized spacial score (nSPS) is 13.3. The van der Waals surface area contributed by atoms with Gasteiger partial charge in [-0.2, -0.15) is 5.10 Å². The molecule has 0 saturated heterocycles. The second kappa shape index (κ2) is 8.26. The van der Waals surface area contributed by atoms with E-state index >= 15 is 0 Å². The van der Waals surface area contributed by atoms with Crippen LogP contribution in [0.3, 0.4) is 0 Å². The molecule has 1 aromatic rings. The summed E-state index contributed by atoms with van der Waals surface area (Å²) in [7, 11) is 0. The quantitative estimate of drug-likeness (QED) is 0.575. The minimum atomic E-state index is -0.460. The molecule has 132 valence electrons. The Bertz CT molecular complexity index is 573. The van der Waals surface area contributed by atoms with Crippen molar-refractivity contribution in [2.24, 2.45) is 11.7 Å². The molecule has 1 unspecified atom stereocenters. The third-order valence-electron chi connectivity index (χ3n) is 4.20. The summed E-state index contributed by atoms with van der Waals surface area (Å²) in [6, 6.07) is 0. The van der Waals surface area contributed by atoms with Crippen molar-refractivity contribution in [3.05, 3.63) is 21.5 Å². The number of nitrogens with zero attached hydrogens (tertiary/aromatic N) is 3. The highest BCUT2D eigenvalue weighted by molar-refractivity contribution is 5.85. The second-order valence-electron chi connectivity index (χ2n) is 6.07. The van der Waals surface area contributed by atoms with Crippen molar-refractivity contribution in [1.29, 1.82) is 0 Å². The molecule has 1 heterocycles. The fourth-order valence-electron chi connectivity index (χ4n) is 2.19. The molecule has 1 aromatic heterocycles. The van der Waals surface area contributed by atoms with Crippen LogP contribution in [-0.2, 0) is 11.3 Å². The first kappa shape index (κ1) is 21.3. The van der Waals surface area contributed by atoms with Gasteiger partial charge in [-0.05, 0) is 26.7 Å². The van der Waals surface area contributed by atoms with Gasteiger partial charge in [-0.3, -0.25) is 19.6 Å². The molecule has 1 rings (SSSR count). The van der Waals surface area contributed by atoms with Gasteiger partial charge in [-0.1, -0.05) is 13.8 Å². The van der Waals surface area contributed by atoms with Gasteiger partial charge >= 0.3 is 5.69 Å². The summed E-state index contributed by atoms with van der Waals surface area (Å²) in [5.74, 6) is 0.0630. The summed E-state index contributed by atoms with van der Waals surface area (Å²) in [6.07, 6.45) is 0.196. The summed E-state index contributed by atoms with van der Waals surface area (Å²) in [6.45, 7) is 9.77. The van der Waals surface area contributed by atoms with Crippen LogP contribution in [0.4, 0.5) is 5.69 Å². The van der Waals surface area contributed by atoms with E-state index < -0.39 is 10.5 Å². The summed E-state index contributed by atoms with van der Waals surface area (Å²) in [5, 5.41) is 18.0. The van der Waals surface area contributed by atoms with E-state index in [9.17, 15) is 14.9 Å². The summed E-state index contributed by atoms with van der Waals surface area (Å²) in [4.78, 5) is 22.6. The Hall–Kier alpha value is -1.67. The molecular formula is C14H26ClN5O3. The Morgan fingerprint density at radius 1 is 1.48 bits per heavy atom. The maximum Gasteiger partial charge on any atom is 0.312 e. The Labute approximate surface area is 142 Å². The van der Waals surface area contributed by atoms with Gasteiger partial charge in [0.1, 0.15) is 11.4 Å². The largest absolute Gasteiger partial charge is 0.349 e. The van der Waals surface area contributed by atoms with E-state index in [-0.39, 0.29) is 36.3 Å². The number of aryl methyl sites for hydroxylation is 2. The van der Waals surface area contributed by atoms with Gasteiger partial charge in [0, 0.05) is 13.0 Å². The molecular weight excluding hydrogens is 322 g/mol. The van der Waals surface area contributed by atoms with Crippen molar-refractivity contribution in [1.82, 2.24) is 15.1 Å². The van der Waals surface area contributed by atoms with Crippen LogP contribution in [0.2, 0.25) is 0 Å². The first-order valence-electron chi connectivity index (χ1n) is 7.32. The number of carbonyl (C=O) groups excluding carboxylic acids is 1. The van der Waals surface area contributed by atoms with Crippen molar-refractivity contribution in [3.8, 4) is 0 Å². The lowest BCUT2D eigenvalue weighted by molar-refractivity contribution is -0.386. The van der Waals surface area contributed by atoms with Gasteiger partial charge in [0.05, 0.1) is 17.0 Å². The van der Waals surface area contributed by atoms with Gasteiger partial charge in [0.15, 0.2) is 0 Å². The van der Waals surface area contributed by atoms with Gasteiger partial charge in [-0.25, -0.2) is 0 Å². The Kier molecular flexibility index (Phi) is 7.66. The molecule has 0 aliphatic heterocycles. The van der Waals surface area contributed by atoms with Crippen molar-refractivity contribution in [2.45, 2.75) is 53.1 Å². The van der Waals surface area contributed by atoms with E-state index in [0.29, 0.717) is 24.5 Å². The molecule has 0 radical (unpaired) electrons. The van der Waals surface area contributed by atoms with Gasteiger partial charge in [0.25, 0.3) is 0 Å². The Morgan fingerprint density at radius 2 is 2.04 bits per heavy atom. The zero-order chi connectivity index (χ0) is 17.1. The van der Waals surface area contributed by atoms with E-state index in [4.69, 9.17) is 5.73 Å². The summed E-state index contributed by atoms with van der Waals surface area (Å²) in [5.41, 5.74) is 6.10. The molecule has 23 heavy (non-hydrogen) atoms. The molecule has 0 bridgehead atoms. The van der Waals surface area contributed by atoms with Crippen LogP contribution in [0.25, 0.3) is 0 Å². The highest BCUT2D eigenvalue weighted by Gasteiger charge is 2.28. The molecule has 0 aliphatic rings. The highest BCUT2D eigenvalue weighted by atomic mass is 35.5. The summed E-state index contributed by atoms with van der Waals surface area (Å²) >= 11 is 0. The van der Waals surface area contributed by atoms with Crippen molar-refractivity contribution >= 4 is 24.0 Å². The van der Waals surface area contributed by atoms with E-state index in [0.717, 1.165) is 0 Å². The van der Waals surface area contributed by atoms with Gasteiger partial charge < -0.3 is 11.1 Å². The van der Waals surface area contributed by atoms with Crippen LogP contribution in [0, 0.1) is 29.9 Å². The van der Waals surface area contributed by atoms with E-state index in [1.807, 2.05) is 20.8 Å². The molecule has 1 amide bonds. The minimum Gasteiger partial charge on any atom is -0.349 e. The lowest BCUT2D eigenvalue weighted by atomic mass is 9.88. The van der Waals surface area contributed by atoms with E-state index in [1.54, 1.807) is 13.8 Å². The predicted octanol–water partition coefficient (Wildman–Crippen LogP) is 1.71. The third-order valence-corrected chi connectivity index (χ3v) is 4.20. The first-order valence-corrected chi connectivity index (χ1v) is 7.32. The summed E-state index contributed by atoms with van der Waals surface area (Å²) < 4.78 is 1.50. The molecule has 1 atom stereocenters. The lowest BCUT2D eigenvalue weighted by Gasteiger charge is -2.33. The average molecular weight is 348 g/mol. The molecule has 0 spiro atoms. The SMILES string of the molecule is Cc1nn(CCC(=O)NC(C)(CN)C(C)C)c(C)c1[N+](=O)[O-].Cl. The number of hydrogen-bond donors (Lipinski definition) is 2. The number of carbonyl (C=O) groups is 1. The lowest BCUT2D eigenvalue weighted by Crippen LogP contribution is -2.55. The minimum absolute atomic E-state index is 0. The number of rotatable bonds is 7. The fraction of sp³-hybridized carbons (Fsp3) is 0.714. The second-order valence-corrected chi connectivity index (χ2v) is 6.07. The molecule has 8 nitrogen and oxygen atoms in total. The number of aromatic nitrogens is 2. The number of nitro groups is 1. The predicted molar refractivity (Wildman–Crippen MR) is 90.7 cm³/mol. The van der Waals surface area contributed by atoms with Crippen LogP contribution in [0.5, 0.6) is 0 Å². The standard InChI is InChI=1S/C14H25N5O3.ClH/c1-9(2)14(5,8-15)16-12(20)6-7-18-11(4)13(19(21)22)10(3)17-18;/h9H,6-8,15H2,1-5H3,(H,16,20);1H. The van der Waals surface area contributed by atoms with Gasteiger partial charge in [-0.15, -0.1) is 12.4 Å². The van der Waals surface area contributed by atoms with Crippen molar-refractivity contribution in [3.63, 3.8) is 0 Å². The zero-order valence-corrected chi connectivity index (χ0v) is 15.1. The zero-order valence-electron chi connectivity index (χ0n) is 14.3. The van der Waals surface area contributed by atoms with Crippen LogP contribution < -0.4 is 11.1 Å². The van der Waals surface area contributed by atoms with Crippen LogP contribution >= 0.6 is 12.4 Å². The monoisotopic (exact) mass is 347 g/mol. The maximum absolute atomic E-state index is 12.1. The maximum atomic E-state index is 12.1. The molecule has 0 aliphatic carbocycles. The topological polar surface area (TPSA) is 116 Å². The fourth-order valence-corrected chi connectivity index (χ4v) is 2.19. The van der Waals surface area contributed by atoms with E-state index in [2.05, 4.69) is 10.4 Å². The highest BCUT2D eigenvalue weighted by Crippen LogP contribution is 2.22. The van der Waals surface area contributed by atoms with Crippen LogP contribution in [0.1, 0.15) is 38.6 Å². The molecule has 9 heteroatoms. The average Bonchev–Trinajstić information content (AvgIpc) is 2.70. The van der Waals surface area contributed by atoms with Crippen molar-refractivity contribution in [2.75, 3.05) is 6.54 Å². The van der Waals surface area contributed by atoms with E-state index in [1.165, 1.54) is 4.68 Å². The Morgan fingerprint density at radius 3 is 2.43 bits per heavy atom. The first-order chi connectivity index (χ1) is 10.1. The number of halogens is 1. The molecule has 0 aromatic carbocycles. The number of amides is 1. The smallest absolute Gasteiger partial charge is 0.312 e. The number of nitrogens with one attached hydrogen (secondary N) is 1. The van der Waals surface area contributed by atoms with Crippen LogP contribution in [-0.4, -0.2) is 32.7 Å². The van der Waals surface area contributed by atoms with Crippen LogP contribution in [0.15, 0.2) is 0 Å². The Balaban J connectivity index is 0.00000484. The molecule has 0 saturated carbocycles. The third kappa shape index (κ3) is 4.90. The van der Waals surface area contributed by atoms with Gasteiger partial charge in [0.2, 0.25) is 5.91 Å². The molecule has 0 fully saturated rings. The van der Waals surface area contributed by atoms with Crippen molar-refractivity contribution < 1.29 is 9.72 Å². The number of hydrogen-bond acceptors (Lipinski definition) is 5. The number of nitrogens with two attached hydrogens (primary N) is 1. The molecule has 3 N–H and O–H groups in total.